The fourth-order valence-electron chi connectivity index (χ4n) is 2.18. The van der Waals surface area contributed by atoms with Gasteiger partial charge in [-0.05, 0) is 19.4 Å². The lowest BCUT2D eigenvalue weighted by Crippen LogP contribution is -2.67. The fraction of sp³-hybridized carbons (Fsp3) is 0.462. The predicted molar refractivity (Wildman–Crippen MR) is 70.4 cm³/mol. The molecule has 2 rings (SSSR count). The van der Waals surface area contributed by atoms with Crippen molar-refractivity contribution < 1.29 is 4.79 Å². The number of hydrogen-bond donors (Lipinski definition) is 0. The van der Waals surface area contributed by atoms with E-state index in [0.29, 0.717) is 6.54 Å². The van der Waals surface area contributed by atoms with Crippen molar-refractivity contribution in [2.75, 3.05) is 0 Å². The summed E-state index contributed by atoms with van der Waals surface area (Å²) in [5, 5.41) is -0.494. The average Bonchev–Trinajstić information content (AvgIpc) is 2.27. The third kappa shape index (κ3) is 2.43. The van der Waals surface area contributed by atoms with E-state index >= 15 is 0 Å². The van der Waals surface area contributed by atoms with Crippen molar-refractivity contribution in [3.8, 4) is 0 Å². The molecular weight excluding hydrogens is 257 g/mol. The van der Waals surface area contributed by atoms with Gasteiger partial charge in [-0.1, -0.05) is 30.3 Å². The minimum Gasteiger partial charge on any atom is -0.330 e. The van der Waals surface area contributed by atoms with E-state index in [9.17, 15) is 4.79 Å². The van der Waals surface area contributed by atoms with E-state index in [2.05, 4.69) is 0 Å². The van der Waals surface area contributed by atoms with Gasteiger partial charge in [0.15, 0.2) is 0 Å². The van der Waals surface area contributed by atoms with Gasteiger partial charge in [-0.15, -0.1) is 23.2 Å². The summed E-state index contributed by atoms with van der Waals surface area (Å²) in [6.45, 7) is 4.35. The lowest BCUT2D eigenvalue weighted by atomic mass is 9.89. The number of alkyl halides is 2. The number of nitrogens with zero attached hydrogens (tertiary/aromatic N) is 1. The zero-order chi connectivity index (χ0) is 12.6. The molecule has 2 atom stereocenters. The average molecular weight is 272 g/mol. The Balaban J connectivity index is 2.13. The summed E-state index contributed by atoms with van der Waals surface area (Å²) in [5.41, 5.74) is 1.09. The van der Waals surface area contributed by atoms with Gasteiger partial charge in [-0.3, -0.25) is 4.79 Å². The molecule has 1 heterocycles. The molecule has 0 radical (unpaired) electrons. The number of carbonyl (C=O) groups excluding carboxylic acids is 1. The SMILES string of the molecule is CC(C)(Cl)C1C(Cl)C(=O)N1Cc1ccccc1. The summed E-state index contributed by atoms with van der Waals surface area (Å²) >= 11 is 12.3. The van der Waals surface area contributed by atoms with E-state index in [4.69, 9.17) is 23.2 Å². The largest absolute Gasteiger partial charge is 0.330 e. The molecule has 1 aliphatic rings. The summed E-state index contributed by atoms with van der Waals surface area (Å²) < 4.78 is 0. The molecule has 0 N–H and O–H groups in total. The van der Waals surface area contributed by atoms with Gasteiger partial charge in [0.25, 0.3) is 0 Å². The molecule has 0 spiro atoms. The van der Waals surface area contributed by atoms with E-state index in [1.807, 2.05) is 44.2 Å². The van der Waals surface area contributed by atoms with E-state index in [1.54, 1.807) is 4.90 Å². The number of carbonyl (C=O) groups is 1. The maximum absolute atomic E-state index is 11.8. The third-order valence-electron chi connectivity index (χ3n) is 3.03. The van der Waals surface area contributed by atoms with Crippen LogP contribution in [0.5, 0.6) is 0 Å². The smallest absolute Gasteiger partial charge is 0.243 e. The van der Waals surface area contributed by atoms with Crippen molar-refractivity contribution in [2.24, 2.45) is 0 Å². The molecule has 0 saturated carbocycles. The molecule has 4 heteroatoms. The fourth-order valence-corrected chi connectivity index (χ4v) is 3.07. The van der Waals surface area contributed by atoms with Crippen molar-refractivity contribution in [1.29, 1.82) is 0 Å². The van der Waals surface area contributed by atoms with Crippen LogP contribution >= 0.6 is 23.2 Å². The van der Waals surface area contributed by atoms with Crippen molar-refractivity contribution in [3.63, 3.8) is 0 Å². The van der Waals surface area contributed by atoms with E-state index in [1.165, 1.54) is 0 Å². The van der Waals surface area contributed by atoms with Crippen LogP contribution < -0.4 is 0 Å². The van der Waals surface area contributed by atoms with Gasteiger partial charge in [-0.2, -0.15) is 0 Å². The highest BCUT2D eigenvalue weighted by Gasteiger charge is 2.52. The Morgan fingerprint density at radius 3 is 2.41 bits per heavy atom. The molecule has 1 fully saturated rings. The number of hydrogen-bond acceptors (Lipinski definition) is 1. The van der Waals surface area contributed by atoms with Gasteiger partial charge in [0.05, 0.1) is 10.9 Å². The molecule has 0 aliphatic carbocycles. The minimum absolute atomic E-state index is 0.0331. The first kappa shape index (κ1) is 12.7. The molecule has 1 aromatic carbocycles. The van der Waals surface area contributed by atoms with Gasteiger partial charge in [0, 0.05) is 6.54 Å². The highest BCUT2D eigenvalue weighted by molar-refractivity contribution is 6.35. The summed E-state index contributed by atoms with van der Waals surface area (Å²) in [6.07, 6.45) is 0. The zero-order valence-electron chi connectivity index (χ0n) is 9.86. The summed E-state index contributed by atoms with van der Waals surface area (Å²) in [5.74, 6) is -0.0331. The first-order chi connectivity index (χ1) is 7.91. The zero-order valence-corrected chi connectivity index (χ0v) is 11.4. The molecule has 1 aromatic rings. The van der Waals surface area contributed by atoms with E-state index in [0.717, 1.165) is 5.56 Å². The quantitative estimate of drug-likeness (QED) is 0.612. The minimum atomic E-state index is -0.505. The molecule has 2 nitrogen and oxygen atoms in total. The molecule has 2 unspecified atom stereocenters. The van der Waals surface area contributed by atoms with Crippen molar-refractivity contribution in [1.82, 2.24) is 4.90 Å². The molecule has 0 aromatic heterocycles. The van der Waals surface area contributed by atoms with Crippen LogP contribution in [0, 0.1) is 0 Å². The van der Waals surface area contributed by atoms with Crippen LogP contribution in [0.15, 0.2) is 30.3 Å². The standard InChI is InChI=1S/C13H15Cl2NO/c1-13(2,15)11-10(14)12(17)16(11)8-9-6-4-3-5-7-9/h3-7,10-11H,8H2,1-2H3. The van der Waals surface area contributed by atoms with Crippen LogP contribution in [-0.2, 0) is 11.3 Å². The second-order valence-electron chi connectivity index (χ2n) is 4.86. The summed E-state index contributed by atoms with van der Waals surface area (Å²) in [4.78, 5) is 13.0. The van der Waals surface area contributed by atoms with Crippen LogP contribution in [0.1, 0.15) is 19.4 Å². The highest BCUT2D eigenvalue weighted by Crippen LogP contribution is 2.37. The molecule has 0 bridgehead atoms. The maximum atomic E-state index is 11.8. The van der Waals surface area contributed by atoms with Gasteiger partial charge in [0.2, 0.25) is 5.91 Å². The predicted octanol–water partition coefficient (Wildman–Crippen LogP) is 3.02. The Morgan fingerprint density at radius 1 is 1.29 bits per heavy atom. The monoisotopic (exact) mass is 271 g/mol. The Labute approximate surface area is 112 Å². The van der Waals surface area contributed by atoms with Crippen molar-refractivity contribution in [2.45, 2.75) is 36.7 Å². The van der Waals surface area contributed by atoms with Crippen LogP contribution in [-0.4, -0.2) is 27.1 Å². The van der Waals surface area contributed by atoms with Crippen molar-refractivity contribution in [3.05, 3.63) is 35.9 Å². The van der Waals surface area contributed by atoms with Gasteiger partial charge < -0.3 is 4.90 Å². The molecule has 92 valence electrons. The van der Waals surface area contributed by atoms with E-state index < -0.39 is 10.3 Å². The topological polar surface area (TPSA) is 20.3 Å². The Hall–Kier alpha value is -0.730. The lowest BCUT2D eigenvalue weighted by molar-refractivity contribution is -0.147. The first-order valence-electron chi connectivity index (χ1n) is 5.58. The lowest BCUT2D eigenvalue weighted by Gasteiger charge is -2.49. The number of benzene rings is 1. The molecule has 1 amide bonds. The van der Waals surface area contributed by atoms with Gasteiger partial charge in [-0.25, -0.2) is 0 Å². The number of halogens is 2. The van der Waals surface area contributed by atoms with Crippen LogP contribution in [0.4, 0.5) is 0 Å². The van der Waals surface area contributed by atoms with Crippen LogP contribution in [0.2, 0.25) is 0 Å². The van der Waals surface area contributed by atoms with Crippen LogP contribution in [0.25, 0.3) is 0 Å². The Morgan fingerprint density at radius 2 is 1.88 bits per heavy atom. The maximum Gasteiger partial charge on any atom is 0.243 e. The summed E-state index contributed by atoms with van der Waals surface area (Å²) in [6, 6.07) is 9.74. The molecule has 1 aliphatic heterocycles. The number of β-lactam (4-membered cyclic amide) rings is 1. The number of likely N-dealkylation sites (tertiary alicyclic amines) is 1. The van der Waals surface area contributed by atoms with Crippen molar-refractivity contribution >= 4 is 29.1 Å². The molecule has 17 heavy (non-hydrogen) atoms. The second kappa shape index (κ2) is 4.51. The third-order valence-corrected chi connectivity index (χ3v) is 3.68. The molecule has 1 saturated heterocycles. The first-order valence-corrected chi connectivity index (χ1v) is 6.40. The normalized spacial score (nSPS) is 24.7. The summed E-state index contributed by atoms with van der Waals surface area (Å²) in [7, 11) is 0. The van der Waals surface area contributed by atoms with Gasteiger partial charge in [0.1, 0.15) is 5.38 Å². The van der Waals surface area contributed by atoms with Crippen LogP contribution in [0.3, 0.4) is 0 Å². The number of rotatable bonds is 3. The molecular formula is C13H15Cl2NO. The van der Waals surface area contributed by atoms with E-state index in [-0.39, 0.29) is 11.9 Å². The Bertz CT molecular complexity index is 413. The second-order valence-corrected chi connectivity index (χ2v) is 6.31. The Kier molecular flexibility index (Phi) is 3.37. The number of amides is 1. The van der Waals surface area contributed by atoms with Gasteiger partial charge >= 0.3 is 0 Å². The highest BCUT2D eigenvalue weighted by atomic mass is 35.5.